The molecule has 0 aromatic carbocycles. The molecule has 3 amide bonds. The number of rotatable bonds is 5. The van der Waals surface area contributed by atoms with E-state index in [1.54, 1.807) is 4.90 Å². The molecule has 1 aliphatic rings. The van der Waals surface area contributed by atoms with E-state index in [4.69, 9.17) is 5.73 Å². The molecule has 7 nitrogen and oxygen atoms in total. The largest absolute Gasteiger partial charge is 0.370 e. The van der Waals surface area contributed by atoms with Crippen LogP contribution in [0.5, 0.6) is 0 Å². The summed E-state index contributed by atoms with van der Waals surface area (Å²) < 4.78 is 1.95. The molecule has 23 heavy (non-hydrogen) atoms. The maximum Gasteiger partial charge on any atom is 0.317 e. The molecule has 0 aliphatic carbocycles. The zero-order valence-corrected chi connectivity index (χ0v) is 14.3. The normalized spacial score (nSPS) is 18.0. The van der Waals surface area contributed by atoms with Crippen LogP contribution in [0.25, 0.3) is 0 Å². The fraction of sp³-hybridized carbons (Fsp3) is 0.688. The van der Waals surface area contributed by atoms with Gasteiger partial charge in [-0.15, -0.1) is 0 Å². The van der Waals surface area contributed by atoms with E-state index in [1.807, 2.05) is 18.5 Å². The van der Waals surface area contributed by atoms with Crippen molar-refractivity contribution < 1.29 is 9.59 Å². The average Bonchev–Trinajstić information content (AvgIpc) is 2.78. The van der Waals surface area contributed by atoms with Crippen LogP contribution in [0.1, 0.15) is 43.1 Å². The molecular formula is C16H27N5O2. The van der Waals surface area contributed by atoms with Crippen molar-refractivity contribution in [1.29, 1.82) is 0 Å². The van der Waals surface area contributed by atoms with Gasteiger partial charge in [-0.2, -0.15) is 5.10 Å². The summed E-state index contributed by atoms with van der Waals surface area (Å²) in [6.45, 7) is 8.66. The Morgan fingerprint density at radius 2 is 2.13 bits per heavy atom. The van der Waals surface area contributed by atoms with E-state index < -0.39 is 0 Å². The van der Waals surface area contributed by atoms with Crippen LogP contribution in [0.2, 0.25) is 0 Å². The quantitative estimate of drug-likeness (QED) is 0.856. The zero-order valence-electron chi connectivity index (χ0n) is 14.3. The highest BCUT2D eigenvalue weighted by Crippen LogP contribution is 2.19. The second-order valence-corrected chi connectivity index (χ2v) is 6.25. The number of aryl methyl sites for hydroxylation is 2. The molecule has 1 saturated heterocycles. The monoisotopic (exact) mass is 321 g/mol. The van der Waals surface area contributed by atoms with Crippen molar-refractivity contribution in [1.82, 2.24) is 20.0 Å². The Morgan fingerprint density at radius 1 is 1.39 bits per heavy atom. The topological polar surface area (TPSA) is 93.2 Å². The molecule has 2 heterocycles. The molecule has 128 valence electrons. The summed E-state index contributed by atoms with van der Waals surface area (Å²) >= 11 is 0. The summed E-state index contributed by atoms with van der Waals surface area (Å²) in [4.78, 5) is 25.2. The number of primary amides is 1. The number of likely N-dealkylation sites (tertiary alicyclic amines) is 1. The van der Waals surface area contributed by atoms with Crippen LogP contribution >= 0.6 is 0 Å². The van der Waals surface area contributed by atoms with Crippen molar-refractivity contribution in [2.45, 2.75) is 53.1 Å². The minimum Gasteiger partial charge on any atom is -0.370 e. The predicted octanol–water partition coefficient (Wildman–Crippen LogP) is 1.32. The van der Waals surface area contributed by atoms with E-state index in [-0.39, 0.29) is 17.9 Å². The third kappa shape index (κ3) is 4.24. The maximum atomic E-state index is 12.4. The summed E-state index contributed by atoms with van der Waals surface area (Å²) in [6.07, 6.45) is 2.22. The highest BCUT2D eigenvalue weighted by Gasteiger charge is 2.25. The number of hydrogen-bond donors (Lipinski definition) is 2. The van der Waals surface area contributed by atoms with Crippen molar-refractivity contribution in [3.63, 3.8) is 0 Å². The minimum absolute atomic E-state index is 0.0813. The van der Waals surface area contributed by atoms with Gasteiger partial charge in [-0.25, -0.2) is 4.79 Å². The standard InChI is InChI=1S/C16H27N5O2/c1-4-21-12(3)14(11(2)19-21)9-18-16(23)20-7-5-6-13(10-20)8-15(17)22/h13H,4-10H2,1-3H3,(H2,17,22)(H,18,23). The number of nitrogens with two attached hydrogens (primary N) is 1. The summed E-state index contributed by atoms with van der Waals surface area (Å²) in [5, 5.41) is 7.44. The van der Waals surface area contributed by atoms with E-state index in [9.17, 15) is 9.59 Å². The van der Waals surface area contributed by atoms with Crippen molar-refractivity contribution in [3.05, 3.63) is 17.0 Å². The first kappa shape index (κ1) is 17.3. The van der Waals surface area contributed by atoms with Crippen LogP contribution in [0.3, 0.4) is 0 Å². The molecule has 0 radical (unpaired) electrons. The van der Waals surface area contributed by atoms with Crippen LogP contribution in [0.15, 0.2) is 0 Å². The first-order valence-corrected chi connectivity index (χ1v) is 8.26. The Morgan fingerprint density at radius 3 is 2.74 bits per heavy atom. The molecule has 0 bridgehead atoms. The van der Waals surface area contributed by atoms with Crippen molar-refractivity contribution in [2.75, 3.05) is 13.1 Å². The first-order chi connectivity index (χ1) is 10.9. The van der Waals surface area contributed by atoms with Crippen molar-refractivity contribution in [3.8, 4) is 0 Å². The number of aromatic nitrogens is 2. The van der Waals surface area contributed by atoms with E-state index in [2.05, 4.69) is 17.3 Å². The molecular weight excluding hydrogens is 294 g/mol. The Labute approximate surface area is 137 Å². The number of piperidine rings is 1. The van der Waals surface area contributed by atoms with Gasteiger partial charge < -0.3 is 16.0 Å². The lowest BCUT2D eigenvalue weighted by Gasteiger charge is -2.32. The summed E-state index contributed by atoms with van der Waals surface area (Å²) in [5.41, 5.74) is 8.38. The van der Waals surface area contributed by atoms with Crippen LogP contribution < -0.4 is 11.1 Å². The lowest BCUT2D eigenvalue weighted by Crippen LogP contribution is -2.45. The third-order valence-electron chi connectivity index (χ3n) is 4.54. The molecule has 1 atom stereocenters. The smallest absolute Gasteiger partial charge is 0.317 e. The lowest BCUT2D eigenvalue weighted by molar-refractivity contribution is -0.119. The number of carbonyl (C=O) groups excluding carboxylic acids is 2. The van der Waals surface area contributed by atoms with E-state index in [0.29, 0.717) is 19.5 Å². The number of nitrogens with zero attached hydrogens (tertiary/aromatic N) is 3. The van der Waals surface area contributed by atoms with Gasteiger partial charge in [-0.05, 0) is 39.5 Å². The number of urea groups is 1. The minimum atomic E-state index is -0.296. The summed E-state index contributed by atoms with van der Waals surface area (Å²) in [5.74, 6) is -0.117. The van der Waals surface area contributed by atoms with Gasteiger partial charge in [0.25, 0.3) is 0 Å². The van der Waals surface area contributed by atoms with Crippen molar-refractivity contribution in [2.24, 2.45) is 11.7 Å². The molecule has 3 N–H and O–H groups in total. The van der Waals surface area contributed by atoms with E-state index in [1.165, 1.54) is 0 Å². The zero-order chi connectivity index (χ0) is 17.0. The number of hydrogen-bond acceptors (Lipinski definition) is 3. The van der Waals surface area contributed by atoms with Crippen LogP contribution in [0.4, 0.5) is 4.79 Å². The van der Waals surface area contributed by atoms with Crippen LogP contribution in [-0.2, 0) is 17.9 Å². The summed E-state index contributed by atoms with van der Waals surface area (Å²) in [7, 11) is 0. The Balaban J connectivity index is 1.92. The van der Waals surface area contributed by atoms with Crippen LogP contribution in [0, 0.1) is 19.8 Å². The predicted molar refractivity (Wildman–Crippen MR) is 87.7 cm³/mol. The SMILES string of the molecule is CCn1nc(C)c(CNC(=O)N2CCCC(CC(N)=O)C2)c1C. The van der Waals surface area contributed by atoms with Gasteiger partial charge in [0.15, 0.2) is 0 Å². The Bertz CT molecular complexity index is 581. The van der Waals surface area contributed by atoms with Gasteiger partial charge in [0.1, 0.15) is 0 Å². The first-order valence-electron chi connectivity index (χ1n) is 8.26. The molecule has 1 aromatic rings. The molecule has 7 heteroatoms. The number of carbonyl (C=O) groups is 2. The molecule has 1 unspecified atom stereocenters. The third-order valence-corrected chi connectivity index (χ3v) is 4.54. The molecule has 0 saturated carbocycles. The van der Waals surface area contributed by atoms with Gasteiger partial charge in [-0.3, -0.25) is 9.48 Å². The van der Waals surface area contributed by atoms with E-state index >= 15 is 0 Å². The molecule has 1 fully saturated rings. The fourth-order valence-electron chi connectivity index (χ4n) is 3.27. The Kier molecular flexibility index (Phi) is 5.63. The van der Waals surface area contributed by atoms with Gasteiger partial charge in [-0.1, -0.05) is 0 Å². The van der Waals surface area contributed by atoms with E-state index in [0.717, 1.165) is 42.9 Å². The Hall–Kier alpha value is -2.05. The van der Waals surface area contributed by atoms with Gasteiger partial charge in [0.05, 0.1) is 5.69 Å². The van der Waals surface area contributed by atoms with Gasteiger partial charge >= 0.3 is 6.03 Å². The average molecular weight is 321 g/mol. The van der Waals surface area contributed by atoms with Crippen molar-refractivity contribution >= 4 is 11.9 Å². The fourth-order valence-corrected chi connectivity index (χ4v) is 3.27. The lowest BCUT2D eigenvalue weighted by atomic mass is 9.95. The van der Waals surface area contributed by atoms with Gasteiger partial charge in [0.2, 0.25) is 5.91 Å². The van der Waals surface area contributed by atoms with Gasteiger partial charge in [0, 0.05) is 43.9 Å². The molecule has 2 rings (SSSR count). The highest BCUT2D eigenvalue weighted by atomic mass is 16.2. The maximum absolute atomic E-state index is 12.4. The highest BCUT2D eigenvalue weighted by molar-refractivity contribution is 5.75. The number of amides is 3. The second kappa shape index (κ2) is 7.48. The molecule has 1 aliphatic heterocycles. The molecule has 0 spiro atoms. The number of nitrogens with one attached hydrogen (secondary N) is 1. The van der Waals surface area contributed by atoms with Crippen LogP contribution in [-0.4, -0.2) is 39.7 Å². The second-order valence-electron chi connectivity index (χ2n) is 6.25. The molecule has 1 aromatic heterocycles. The summed E-state index contributed by atoms with van der Waals surface area (Å²) in [6, 6.07) is -0.0813.